The van der Waals surface area contributed by atoms with E-state index in [1.807, 2.05) is 0 Å². The average molecular weight is 289 g/mol. The van der Waals surface area contributed by atoms with Crippen molar-refractivity contribution < 1.29 is 17.6 Å². The molecular formula is C14H9ClF4. The maximum Gasteiger partial charge on any atom is 0.145 e. The summed E-state index contributed by atoms with van der Waals surface area (Å²) in [6, 6.07) is 3.91. The van der Waals surface area contributed by atoms with Crippen LogP contribution in [0.1, 0.15) is 16.7 Å². The number of benzene rings is 2. The van der Waals surface area contributed by atoms with Crippen LogP contribution in [0.2, 0.25) is 5.02 Å². The monoisotopic (exact) mass is 288 g/mol. The Morgan fingerprint density at radius 2 is 1.63 bits per heavy atom. The summed E-state index contributed by atoms with van der Waals surface area (Å²) in [5.74, 6) is -2.99. The minimum absolute atomic E-state index is 0.00231. The summed E-state index contributed by atoms with van der Waals surface area (Å²) in [4.78, 5) is 0. The number of rotatable bonds is 2. The Morgan fingerprint density at radius 1 is 0.947 bits per heavy atom. The van der Waals surface area contributed by atoms with Gasteiger partial charge in [0.25, 0.3) is 0 Å². The third-order valence-electron chi connectivity index (χ3n) is 2.86. The minimum Gasteiger partial charge on any atom is -0.207 e. The molecule has 0 unspecified atom stereocenters. The molecule has 100 valence electrons. The molecule has 0 atom stereocenters. The van der Waals surface area contributed by atoms with E-state index in [9.17, 15) is 17.6 Å². The van der Waals surface area contributed by atoms with E-state index < -0.39 is 23.3 Å². The molecule has 0 spiro atoms. The number of hydrogen-bond acceptors (Lipinski definition) is 0. The van der Waals surface area contributed by atoms with Crippen molar-refractivity contribution in [2.24, 2.45) is 0 Å². The lowest BCUT2D eigenvalue weighted by Gasteiger charge is -2.09. The normalized spacial score (nSPS) is 10.8. The summed E-state index contributed by atoms with van der Waals surface area (Å²) in [7, 11) is 0. The van der Waals surface area contributed by atoms with E-state index >= 15 is 0 Å². The molecule has 0 heterocycles. The van der Waals surface area contributed by atoms with Crippen molar-refractivity contribution in [3.63, 3.8) is 0 Å². The predicted octanol–water partition coefficient (Wildman–Crippen LogP) is 4.80. The van der Waals surface area contributed by atoms with Crippen LogP contribution in [0, 0.1) is 30.2 Å². The van der Waals surface area contributed by atoms with Gasteiger partial charge < -0.3 is 0 Å². The molecule has 0 aliphatic carbocycles. The average Bonchev–Trinajstić information content (AvgIpc) is 2.36. The second kappa shape index (κ2) is 5.21. The number of halogens is 5. The highest BCUT2D eigenvalue weighted by atomic mass is 35.5. The second-order valence-electron chi connectivity index (χ2n) is 4.18. The molecule has 0 N–H and O–H groups in total. The van der Waals surface area contributed by atoms with Gasteiger partial charge >= 0.3 is 0 Å². The highest BCUT2D eigenvalue weighted by Gasteiger charge is 2.16. The van der Waals surface area contributed by atoms with E-state index in [4.69, 9.17) is 11.6 Å². The first-order valence-corrected chi connectivity index (χ1v) is 5.85. The molecule has 0 amide bonds. The SMILES string of the molecule is Cc1c(F)cc(Cc2ccc(F)cc2F)c(F)c1Cl. The molecule has 2 aromatic rings. The fraction of sp³-hybridized carbons (Fsp3) is 0.143. The zero-order valence-corrected chi connectivity index (χ0v) is 10.7. The van der Waals surface area contributed by atoms with Crippen LogP contribution in [0.5, 0.6) is 0 Å². The van der Waals surface area contributed by atoms with Crippen molar-refractivity contribution >= 4 is 11.6 Å². The number of hydrogen-bond donors (Lipinski definition) is 0. The minimum atomic E-state index is -0.809. The van der Waals surface area contributed by atoms with Gasteiger partial charge in [-0.05, 0) is 30.2 Å². The van der Waals surface area contributed by atoms with Crippen molar-refractivity contribution in [1.82, 2.24) is 0 Å². The van der Waals surface area contributed by atoms with Crippen LogP contribution >= 0.6 is 11.6 Å². The first-order valence-electron chi connectivity index (χ1n) is 5.47. The summed E-state index contributed by atoms with van der Waals surface area (Å²) in [6.45, 7) is 1.35. The largest absolute Gasteiger partial charge is 0.207 e. The van der Waals surface area contributed by atoms with Crippen LogP contribution in [-0.2, 0) is 6.42 Å². The van der Waals surface area contributed by atoms with Crippen LogP contribution in [0.4, 0.5) is 17.6 Å². The lowest BCUT2D eigenvalue weighted by Crippen LogP contribution is -2.00. The first kappa shape index (κ1) is 13.9. The maximum absolute atomic E-state index is 13.8. The molecule has 0 saturated carbocycles. The van der Waals surface area contributed by atoms with Crippen LogP contribution in [-0.4, -0.2) is 0 Å². The van der Waals surface area contributed by atoms with Crippen molar-refractivity contribution in [2.75, 3.05) is 0 Å². The highest BCUT2D eigenvalue weighted by molar-refractivity contribution is 6.31. The molecule has 0 radical (unpaired) electrons. The van der Waals surface area contributed by atoms with Gasteiger partial charge in [-0.2, -0.15) is 0 Å². The molecule has 2 rings (SSSR count). The van der Waals surface area contributed by atoms with Gasteiger partial charge in [0.05, 0.1) is 5.02 Å². The van der Waals surface area contributed by atoms with Gasteiger partial charge in [-0.1, -0.05) is 17.7 Å². The molecule has 19 heavy (non-hydrogen) atoms. The molecule has 0 saturated heterocycles. The zero-order chi connectivity index (χ0) is 14.2. The lowest BCUT2D eigenvalue weighted by atomic mass is 10.0. The summed E-state index contributed by atoms with van der Waals surface area (Å²) in [6.07, 6.45) is -0.200. The summed E-state index contributed by atoms with van der Waals surface area (Å²) >= 11 is 5.65. The molecule has 0 aliphatic heterocycles. The Balaban J connectivity index is 2.44. The molecule has 0 fully saturated rings. The van der Waals surface area contributed by atoms with Crippen molar-refractivity contribution in [3.8, 4) is 0 Å². The van der Waals surface area contributed by atoms with Crippen molar-refractivity contribution in [1.29, 1.82) is 0 Å². The summed E-state index contributed by atoms with van der Waals surface area (Å²) in [5.41, 5.74) is 0.000669. The molecule has 0 nitrogen and oxygen atoms in total. The fourth-order valence-corrected chi connectivity index (χ4v) is 1.95. The molecular weight excluding hydrogens is 280 g/mol. The maximum atomic E-state index is 13.8. The Bertz CT molecular complexity index is 638. The highest BCUT2D eigenvalue weighted by Crippen LogP contribution is 2.27. The van der Waals surface area contributed by atoms with E-state index in [-0.39, 0.29) is 28.1 Å². The Morgan fingerprint density at radius 3 is 2.26 bits per heavy atom. The van der Waals surface area contributed by atoms with Crippen molar-refractivity contribution in [3.05, 3.63) is 69.2 Å². The molecule has 2 aromatic carbocycles. The quantitative estimate of drug-likeness (QED) is 0.550. The first-order chi connectivity index (χ1) is 8.90. The third-order valence-corrected chi connectivity index (χ3v) is 3.31. The Hall–Kier alpha value is -1.55. The van der Waals surface area contributed by atoms with E-state index in [1.165, 1.54) is 13.0 Å². The van der Waals surface area contributed by atoms with Crippen LogP contribution in [0.25, 0.3) is 0 Å². The summed E-state index contributed by atoms with van der Waals surface area (Å²) < 4.78 is 53.5. The van der Waals surface area contributed by atoms with E-state index in [0.717, 1.165) is 12.1 Å². The fourth-order valence-electron chi connectivity index (χ4n) is 1.73. The van der Waals surface area contributed by atoms with E-state index in [2.05, 4.69) is 0 Å². The molecule has 0 aliphatic rings. The third kappa shape index (κ3) is 2.73. The van der Waals surface area contributed by atoms with Crippen LogP contribution in [0.15, 0.2) is 24.3 Å². The van der Waals surface area contributed by atoms with Gasteiger partial charge in [-0.15, -0.1) is 0 Å². The van der Waals surface area contributed by atoms with Gasteiger partial charge in [-0.25, -0.2) is 17.6 Å². The van der Waals surface area contributed by atoms with Gasteiger partial charge in [-0.3, -0.25) is 0 Å². The topological polar surface area (TPSA) is 0 Å². The second-order valence-corrected chi connectivity index (χ2v) is 4.56. The molecule has 5 heteroatoms. The predicted molar refractivity (Wildman–Crippen MR) is 65.3 cm³/mol. The lowest BCUT2D eigenvalue weighted by molar-refractivity contribution is 0.566. The van der Waals surface area contributed by atoms with Gasteiger partial charge in [0.1, 0.15) is 23.3 Å². The Labute approximate surface area is 112 Å². The van der Waals surface area contributed by atoms with Crippen molar-refractivity contribution in [2.45, 2.75) is 13.3 Å². The standard InChI is InChI=1S/C14H9ClF4/c1-7-11(17)5-9(14(19)13(7)15)4-8-2-3-10(16)6-12(8)18/h2-3,5-6H,4H2,1H3. The Kier molecular flexibility index (Phi) is 3.80. The molecule has 0 aromatic heterocycles. The smallest absolute Gasteiger partial charge is 0.145 e. The van der Waals surface area contributed by atoms with E-state index in [1.54, 1.807) is 0 Å². The van der Waals surface area contributed by atoms with Crippen LogP contribution in [0.3, 0.4) is 0 Å². The molecule has 0 bridgehead atoms. The van der Waals surface area contributed by atoms with Gasteiger partial charge in [0.15, 0.2) is 0 Å². The van der Waals surface area contributed by atoms with Crippen LogP contribution < -0.4 is 0 Å². The van der Waals surface area contributed by atoms with Gasteiger partial charge in [0, 0.05) is 18.1 Å². The van der Waals surface area contributed by atoms with E-state index in [0.29, 0.717) is 6.07 Å². The van der Waals surface area contributed by atoms with Gasteiger partial charge in [0.2, 0.25) is 0 Å². The zero-order valence-electron chi connectivity index (χ0n) is 9.91. The summed E-state index contributed by atoms with van der Waals surface area (Å²) in [5, 5.41) is -0.322.